The molecule has 0 bridgehead atoms. The third-order valence-electron chi connectivity index (χ3n) is 6.34. The topological polar surface area (TPSA) is 112 Å². The predicted octanol–water partition coefficient (Wildman–Crippen LogP) is 1.79. The van der Waals surface area contributed by atoms with Gasteiger partial charge >= 0.3 is 5.97 Å². The van der Waals surface area contributed by atoms with Crippen molar-refractivity contribution in [1.82, 2.24) is 9.30 Å². The Kier molecular flexibility index (Phi) is 6.17. The molecule has 4 rings (SSSR count). The molecule has 4 atom stereocenters. The number of aliphatic hydroxyl groups excluding tert-OH is 1. The number of β-lactam (4-membered cyclic amide) rings is 1. The molecule has 0 saturated carbocycles. The number of hydrogen-bond acceptors (Lipinski definition) is 6. The summed E-state index contributed by atoms with van der Waals surface area (Å²) in [5.74, 6) is -2.11. The summed E-state index contributed by atoms with van der Waals surface area (Å²) in [6.45, 7) is 5.17. The van der Waals surface area contributed by atoms with Crippen molar-refractivity contribution in [3.8, 4) is 0 Å². The first-order valence-electron chi connectivity index (χ1n) is 10.6. The lowest BCUT2D eigenvalue weighted by Gasteiger charge is -2.46. The number of nitrogens with zero attached hydrogens (tertiary/aromatic N) is 3. The molecular formula is C21H29N4O4S2+. The molecule has 2 aromatic heterocycles. The van der Waals surface area contributed by atoms with Crippen molar-refractivity contribution in [2.75, 3.05) is 12.8 Å². The van der Waals surface area contributed by atoms with Crippen LogP contribution in [0.4, 0.5) is 0 Å². The maximum atomic E-state index is 12.6. The number of carboxylic acid groups (broad SMARTS) is 1. The van der Waals surface area contributed by atoms with Gasteiger partial charge in [-0.1, -0.05) is 30.0 Å². The third-order valence-corrected chi connectivity index (χ3v) is 8.43. The van der Waals surface area contributed by atoms with Crippen molar-refractivity contribution in [2.24, 2.45) is 17.6 Å². The van der Waals surface area contributed by atoms with E-state index in [0.717, 1.165) is 40.5 Å². The van der Waals surface area contributed by atoms with E-state index in [1.165, 1.54) is 4.90 Å². The van der Waals surface area contributed by atoms with Crippen molar-refractivity contribution >= 4 is 45.4 Å². The van der Waals surface area contributed by atoms with E-state index in [-0.39, 0.29) is 23.6 Å². The van der Waals surface area contributed by atoms with E-state index in [2.05, 4.69) is 15.3 Å². The Labute approximate surface area is 189 Å². The largest absolute Gasteiger partial charge is 0.477 e. The lowest BCUT2D eigenvalue weighted by molar-refractivity contribution is -0.730. The van der Waals surface area contributed by atoms with E-state index in [9.17, 15) is 19.8 Å². The minimum absolute atomic E-state index is 0.0595. The Morgan fingerprint density at radius 3 is 2.74 bits per heavy atom. The highest BCUT2D eigenvalue weighted by Gasteiger charge is 2.60. The van der Waals surface area contributed by atoms with Gasteiger partial charge in [0, 0.05) is 11.5 Å². The van der Waals surface area contributed by atoms with Gasteiger partial charge in [-0.3, -0.25) is 4.79 Å². The number of aromatic nitrogens is 2. The van der Waals surface area contributed by atoms with E-state index in [0.29, 0.717) is 12.1 Å². The molecule has 1 fully saturated rings. The van der Waals surface area contributed by atoms with Crippen LogP contribution in [-0.2, 0) is 16.1 Å². The van der Waals surface area contributed by atoms with Gasteiger partial charge in [0.1, 0.15) is 11.9 Å². The van der Waals surface area contributed by atoms with Gasteiger partial charge in [0.15, 0.2) is 0 Å². The molecule has 2 aliphatic heterocycles. The molecule has 0 radical (unpaired) electrons. The number of nitrogens with two attached hydrogens (primary N) is 1. The molecule has 0 spiro atoms. The van der Waals surface area contributed by atoms with E-state index < -0.39 is 18.0 Å². The van der Waals surface area contributed by atoms with Crippen molar-refractivity contribution in [3.05, 3.63) is 23.1 Å². The Balaban J connectivity index is 1.70. The molecule has 10 heteroatoms. The van der Waals surface area contributed by atoms with Crippen LogP contribution in [0.2, 0.25) is 0 Å². The number of imidazole rings is 1. The number of carbonyl (C=O) groups is 2. The number of rotatable bonds is 9. The zero-order chi connectivity index (χ0) is 22.4. The molecule has 4 N–H and O–H groups in total. The average molecular weight is 466 g/mol. The molecule has 0 unspecified atom stereocenters. The monoisotopic (exact) mass is 465 g/mol. The number of aryl methyl sites for hydroxylation is 1. The molecule has 0 aliphatic carbocycles. The Hall–Kier alpha value is -1.88. The molecule has 1 amide bonds. The number of carboxylic acids is 1. The second kappa shape index (κ2) is 8.57. The fourth-order valence-corrected chi connectivity index (χ4v) is 7.12. The molecule has 8 nitrogen and oxygen atoms in total. The summed E-state index contributed by atoms with van der Waals surface area (Å²) in [6.07, 6.45) is 8.45. The quantitative estimate of drug-likeness (QED) is 0.225. The highest BCUT2D eigenvalue weighted by atomic mass is 32.2. The number of thioether (sulfide) groups is 1. The van der Waals surface area contributed by atoms with Crippen molar-refractivity contribution < 1.29 is 24.4 Å². The second-order valence-electron chi connectivity index (χ2n) is 8.30. The van der Waals surface area contributed by atoms with Gasteiger partial charge < -0.3 is 20.8 Å². The van der Waals surface area contributed by atoms with Gasteiger partial charge in [0.2, 0.25) is 15.8 Å². The predicted molar refractivity (Wildman–Crippen MR) is 120 cm³/mol. The van der Waals surface area contributed by atoms with Gasteiger partial charge in [-0.25, -0.2) is 9.36 Å². The molecule has 2 aromatic rings. The van der Waals surface area contributed by atoms with Crippen molar-refractivity contribution in [1.29, 1.82) is 0 Å². The van der Waals surface area contributed by atoms with Crippen LogP contribution in [0.3, 0.4) is 0 Å². The zero-order valence-corrected chi connectivity index (χ0v) is 19.6. The second-order valence-corrected chi connectivity index (χ2v) is 10.1. The number of carbonyl (C=O) groups excluding carboxylic acids is 1. The molecule has 168 valence electrons. The van der Waals surface area contributed by atoms with E-state index in [4.69, 9.17) is 5.73 Å². The smallest absolute Gasteiger partial charge is 0.352 e. The number of amides is 1. The first kappa shape index (κ1) is 22.3. The summed E-state index contributed by atoms with van der Waals surface area (Å²) in [4.78, 5) is 28.0. The maximum absolute atomic E-state index is 12.6. The fraction of sp³-hybridized carbons (Fsp3) is 0.571. The standard InChI is InChI=1S/C21H28N4O4S2/c1-11-14(17(21(28)29)25-16(11)15(12(2)26)18(25)27)13-9-24-10-23(8-6-4-5-7-22)19(30-3)20(24)31-13/h9-12,15-16,26H,4-8,22H2,1-3H3/p+1/t11-,12+,15+,16+/m0/s1. The minimum atomic E-state index is -1.10. The van der Waals surface area contributed by atoms with Gasteiger partial charge in [0.25, 0.3) is 6.33 Å². The van der Waals surface area contributed by atoms with Crippen molar-refractivity contribution in [3.63, 3.8) is 0 Å². The molecular weight excluding hydrogens is 436 g/mol. The summed E-state index contributed by atoms with van der Waals surface area (Å²) >= 11 is 3.23. The highest BCUT2D eigenvalue weighted by molar-refractivity contribution is 7.98. The first-order chi connectivity index (χ1) is 14.8. The summed E-state index contributed by atoms with van der Waals surface area (Å²) in [5, 5.41) is 21.1. The van der Waals surface area contributed by atoms with Crippen LogP contribution in [0.15, 0.2) is 23.2 Å². The fourth-order valence-electron chi connectivity index (χ4n) is 4.92. The van der Waals surface area contributed by atoms with Crippen LogP contribution in [-0.4, -0.2) is 56.3 Å². The Bertz CT molecular complexity index is 1060. The van der Waals surface area contributed by atoms with Gasteiger partial charge in [-0.05, 0) is 39.0 Å². The number of unbranched alkanes of at least 4 members (excludes halogenated alkanes) is 2. The minimum Gasteiger partial charge on any atom is -0.477 e. The average Bonchev–Trinajstić information content (AvgIpc) is 3.32. The lowest BCUT2D eigenvalue weighted by atomic mass is 9.77. The summed E-state index contributed by atoms with van der Waals surface area (Å²) in [6, 6.07) is -0.303. The van der Waals surface area contributed by atoms with Crippen LogP contribution in [0.1, 0.15) is 38.0 Å². The van der Waals surface area contributed by atoms with E-state index in [1.807, 2.05) is 19.4 Å². The number of aliphatic carboxylic acids is 1. The SMILES string of the molecule is CSc1c2sc(C3=C(C(=O)O)N4C(=O)[C@H]([C@@H](C)O)[C@H]4[C@H]3C)cn2c[n+]1CCCCCN. The molecule has 2 aliphatic rings. The first-order valence-corrected chi connectivity index (χ1v) is 12.6. The summed E-state index contributed by atoms with van der Waals surface area (Å²) in [5.41, 5.74) is 6.33. The van der Waals surface area contributed by atoms with Crippen LogP contribution in [0.5, 0.6) is 0 Å². The molecule has 4 heterocycles. The number of thiazole rings is 1. The number of fused-ring (bicyclic) bond motifs is 2. The van der Waals surface area contributed by atoms with Crippen molar-refractivity contribution in [2.45, 2.75) is 56.8 Å². The zero-order valence-electron chi connectivity index (χ0n) is 17.9. The molecule has 0 aromatic carbocycles. The lowest BCUT2D eigenvalue weighted by Crippen LogP contribution is -2.63. The number of hydrogen-bond donors (Lipinski definition) is 3. The van der Waals surface area contributed by atoms with Crippen LogP contribution < -0.4 is 10.3 Å². The maximum Gasteiger partial charge on any atom is 0.352 e. The highest BCUT2D eigenvalue weighted by Crippen LogP contribution is 2.51. The molecule has 31 heavy (non-hydrogen) atoms. The third kappa shape index (κ3) is 3.49. The van der Waals surface area contributed by atoms with E-state index >= 15 is 0 Å². The summed E-state index contributed by atoms with van der Waals surface area (Å²) in [7, 11) is 0. The van der Waals surface area contributed by atoms with Gasteiger partial charge in [0.05, 0.1) is 29.5 Å². The van der Waals surface area contributed by atoms with Crippen LogP contribution in [0, 0.1) is 11.8 Å². The Morgan fingerprint density at radius 1 is 1.39 bits per heavy atom. The number of aliphatic hydroxyl groups is 1. The normalized spacial score (nSPS) is 24.1. The van der Waals surface area contributed by atoms with Crippen LogP contribution >= 0.6 is 23.1 Å². The van der Waals surface area contributed by atoms with Gasteiger partial charge in [-0.2, -0.15) is 4.40 Å². The Morgan fingerprint density at radius 2 is 2.13 bits per heavy atom. The van der Waals surface area contributed by atoms with Crippen LogP contribution in [0.25, 0.3) is 10.4 Å². The van der Waals surface area contributed by atoms with Gasteiger partial charge in [-0.15, -0.1) is 0 Å². The van der Waals surface area contributed by atoms with E-state index in [1.54, 1.807) is 30.0 Å². The molecule has 1 saturated heterocycles. The summed E-state index contributed by atoms with van der Waals surface area (Å²) < 4.78 is 4.29.